The Balaban J connectivity index is 1.99. The molecule has 0 aromatic heterocycles. The Morgan fingerprint density at radius 1 is 1.02 bits per heavy atom. The van der Waals surface area contributed by atoms with Gasteiger partial charge >= 0.3 is 12.1 Å². The fourth-order valence-electron chi connectivity index (χ4n) is 5.77. The van der Waals surface area contributed by atoms with E-state index in [-0.39, 0.29) is 25.3 Å². The van der Waals surface area contributed by atoms with E-state index in [0.717, 1.165) is 32.1 Å². The summed E-state index contributed by atoms with van der Waals surface area (Å²) in [6, 6.07) is -0.706. The molecule has 0 aliphatic carbocycles. The maximum atomic E-state index is 13.2. The second-order valence-corrected chi connectivity index (χ2v) is 15.7. The number of sulfonamides is 1. The van der Waals surface area contributed by atoms with Crippen molar-refractivity contribution in [3.63, 3.8) is 0 Å². The van der Waals surface area contributed by atoms with Crippen LogP contribution in [0.2, 0.25) is 0 Å². The van der Waals surface area contributed by atoms with Gasteiger partial charge < -0.3 is 25.2 Å². The number of unbranched alkanes of at least 4 members (excludes halogenated alkanes) is 3. The predicted octanol–water partition coefficient (Wildman–Crippen LogP) is 3.60. The Labute approximate surface area is 264 Å². The first-order valence-corrected chi connectivity index (χ1v) is 17.7. The topological polar surface area (TPSA) is 166 Å². The van der Waals surface area contributed by atoms with Crippen LogP contribution in [0.25, 0.3) is 0 Å². The Morgan fingerprint density at radius 3 is 2.32 bits per heavy atom. The molecule has 4 atom stereocenters. The number of ether oxygens (including phenoxy) is 1. The first-order valence-electron chi connectivity index (χ1n) is 16.0. The lowest BCUT2D eigenvalue weighted by atomic mass is 9.89. The van der Waals surface area contributed by atoms with Crippen LogP contribution in [0, 0.1) is 5.41 Å². The molecule has 0 bridgehead atoms. The van der Waals surface area contributed by atoms with E-state index >= 15 is 0 Å². The van der Waals surface area contributed by atoms with Crippen molar-refractivity contribution >= 4 is 28.0 Å². The Bertz CT molecular complexity index is 1100. The number of carbonyl (C=O) groups excluding carboxylic acids is 2. The summed E-state index contributed by atoms with van der Waals surface area (Å²) in [5.74, 6) is -1.46. The summed E-state index contributed by atoms with van der Waals surface area (Å²) >= 11 is 0. The minimum atomic E-state index is -3.41. The number of likely N-dealkylation sites (tertiary alicyclic amines) is 1. The molecule has 2 fully saturated rings. The summed E-state index contributed by atoms with van der Waals surface area (Å²) in [6.45, 7) is 11.1. The molecule has 13 heteroatoms. The van der Waals surface area contributed by atoms with Crippen molar-refractivity contribution in [2.45, 2.75) is 129 Å². The fraction of sp³-hybridized carbons (Fsp3) is 0.839. The van der Waals surface area contributed by atoms with Crippen molar-refractivity contribution in [2.75, 3.05) is 31.9 Å². The number of alkyl carbamates (subject to hydrolysis) is 1. The molecule has 254 valence electrons. The van der Waals surface area contributed by atoms with E-state index < -0.39 is 56.8 Å². The van der Waals surface area contributed by atoms with Gasteiger partial charge in [-0.15, -0.1) is 0 Å². The molecule has 0 aromatic carbocycles. The third kappa shape index (κ3) is 11.3. The number of rotatable bonds is 16. The van der Waals surface area contributed by atoms with E-state index in [4.69, 9.17) is 4.74 Å². The highest BCUT2D eigenvalue weighted by molar-refractivity contribution is 7.89. The van der Waals surface area contributed by atoms with Crippen LogP contribution in [0.3, 0.4) is 0 Å². The van der Waals surface area contributed by atoms with Crippen LogP contribution in [0.1, 0.15) is 106 Å². The molecule has 2 saturated heterocycles. The number of aliphatic carboxylic acids is 1. The predicted molar refractivity (Wildman–Crippen MR) is 169 cm³/mol. The molecule has 12 nitrogen and oxygen atoms in total. The van der Waals surface area contributed by atoms with E-state index in [9.17, 15) is 33.0 Å². The van der Waals surface area contributed by atoms with Crippen molar-refractivity contribution in [1.82, 2.24) is 19.8 Å². The lowest BCUT2D eigenvalue weighted by molar-refractivity contribution is -0.153. The molecular formula is C31H56N4O8S. The Kier molecular flexibility index (Phi) is 14.1. The monoisotopic (exact) mass is 644 g/mol. The first kappa shape index (κ1) is 38.0. The summed E-state index contributed by atoms with van der Waals surface area (Å²) in [4.78, 5) is 39.7. The maximum Gasteiger partial charge on any atom is 0.407 e. The molecule has 2 amide bonds. The van der Waals surface area contributed by atoms with Crippen LogP contribution in [-0.2, 0) is 24.3 Å². The van der Waals surface area contributed by atoms with E-state index in [2.05, 4.69) is 23.6 Å². The number of carboxylic acid groups (broad SMARTS) is 1. The second kappa shape index (κ2) is 16.4. The fourth-order valence-corrected chi connectivity index (χ4v) is 7.37. The maximum absolute atomic E-state index is 13.2. The summed E-state index contributed by atoms with van der Waals surface area (Å²) in [5, 5.41) is 26.9. The molecule has 4 N–H and O–H groups in total. The van der Waals surface area contributed by atoms with Crippen LogP contribution in [0.15, 0.2) is 12.2 Å². The van der Waals surface area contributed by atoms with Crippen molar-refractivity contribution < 1.29 is 37.8 Å². The van der Waals surface area contributed by atoms with Gasteiger partial charge in [0.25, 0.3) is 0 Å². The van der Waals surface area contributed by atoms with Crippen LogP contribution in [0.5, 0.6) is 0 Å². The largest absolute Gasteiger partial charge is 0.480 e. The summed E-state index contributed by atoms with van der Waals surface area (Å²) in [7, 11) is -3.41. The SMILES string of the molecule is CCCCC/C=C\CC[C@](C)(N[C@@](C)(O)[C@@H]1CCCN1C(=O)CNC(=O)OC(CN1CCCCS1(=O)=O)C(C)(C)C)C(=O)O. The summed E-state index contributed by atoms with van der Waals surface area (Å²) in [6.07, 6.45) is 9.97. The zero-order valence-corrected chi connectivity index (χ0v) is 28.4. The van der Waals surface area contributed by atoms with E-state index in [0.29, 0.717) is 38.8 Å². The Morgan fingerprint density at radius 2 is 1.70 bits per heavy atom. The number of hydrogen-bond acceptors (Lipinski definition) is 8. The van der Waals surface area contributed by atoms with E-state index in [1.54, 1.807) is 0 Å². The average molecular weight is 645 g/mol. The zero-order chi connectivity index (χ0) is 33.2. The zero-order valence-electron chi connectivity index (χ0n) is 27.6. The van der Waals surface area contributed by atoms with Gasteiger partial charge in [-0.3, -0.25) is 14.9 Å². The third-order valence-electron chi connectivity index (χ3n) is 8.60. The molecule has 2 aliphatic heterocycles. The number of carbonyl (C=O) groups is 3. The lowest BCUT2D eigenvalue weighted by Gasteiger charge is -2.42. The molecule has 2 heterocycles. The quantitative estimate of drug-likeness (QED) is 0.112. The van der Waals surface area contributed by atoms with Crippen molar-refractivity contribution in [1.29, 1.82) is 0 Å². The van der Waals surface area contributed by atoms with Gasteiger partial charge in [0.1, 0.15) is 23.9 Å². The number of hydrogen-bond donors (Lipinski definition) is 4. The molecule has 2 aliphatic rings. The lowest BCUT2D eigenvalue weighted by Crippen LogP contribution is -2.66. The number of nitrogens with one attached hydrogen (secondary N) is 2. The van der Waals surface area contributed by atoms with Crippen LogP contribution >= 0.6 is 0 Å². The number of allylic oxidation sites excluding steroid dienone is 2. The summed E-state index contributed by atoms with van der Waals surface area (Å²) in [5.41, 5.74) is -3.69. The number of aliphatic hydroxyl groups is 1. The highest BCUT2D eigenvalue weighted by Gasteiger charge is 2.47. The van der Waals surface area contributed by atoms with Gasteiger partial charge in [-0.2, -0.15) is 4.31 Å². The minimum absolute atomic E-state index is 0.0347. The minimum Gasteiger partial charge on any atom is -0.480 e. The van der Waals surface area contributed by atoms with Crippen LogP contribution < -0.4 is 10.6 Å². The molecule has 0 saturated carbocycles. The standard InChI is InChI=1S/C31H56N4O8S/c1-7-8-9-10-11-12-13-18-30(5,27(37)38)33-31(6,40)24-17-16-20-35(24)26(36)22-32-28(39)43-25(29(2,3)4)23-34-19-14-15-21-44(34,41)42/h11-12,24-25,33,40H,7-10,13-23H2,1-6H3,(H,32,39)(H,37,38)/b12-11-/t24-,25?,30-,31-/m0/s1. The van der Waals surface area contributed by atoms with Crippen molar-refractivity contribution in [2.24, 2.45) is 5.41 Å². The molecule has 2 rings (SSSR count). The molecule has 1 unspecified atom stereocenters. The average Bonchev–Trinajstić information content (AvgIpc) is 3.42. The van der Waals surface area contributed by atoms with Crippen LogP contribution in [0.4, 0.5) is 4.79 Å². The van der Waals surface area contributed by atoms with Crippen molar-refractivity contribution in [3.8, 4) is 0 Å². The van der Waals surface area contributed by atoms with Gasteiger partial charge in [0.15, 0.2) is 0 Å². The van der Waals surface area contributed by atoms with Gasteiger partial charge in [0, 0.05) is 18.5 Å². The Hall–Kier alpha value is -2.22. The highest BCUT2D eigenvalue weighted by atomic mass is 32.2. The van der Waals surface area contributed by atoms with E-state index in [1.165, 1.54) is 23.1 Å². The number of carboxylic acids is 1. The molecule has 44 heavy (non-hydrogen) atoms. The smallest absolute Gasteiger partial charge is 0.407 e. The molecule has 0 spiro atoms. The molecular weight excluding hydrogens is 588 g/mol. The highest BCUT2D eigenvalue weighted by Crippen LogP contribution is 2.29. The normalized spacial score (nSPS) is 22.7. The number of nitrogens with zero attached hydrogens (tertiary/aromatic N) is 2. The molecule has 0 aromatic rings. The second-order valence-electron chi connectivity index (χ2n) is 13.7. The number of amides is 2. The first-order chi connectivity index (χ1) is 20.4. The van der Waals surface area contributed by atoms with Gasteiger partial charge in [-0.1, -0.05) is 52.7 Å². The summed E-state index contributed by atoms with van der Waals surface area (Å²) < 4.78 is 32.0. The van der Waals surface area contributed by atoms with Gasteiger partial charge in [0.05, 0.1) is 18.3 Å². The van der Waals surface area contributed by atoms with Crippen molar-refractivity contribution in [3.05, 3.63) is 12.2 Å². The van der Waals surface area contributed by atoms with Crippen LogP contribution in [-0.4, -0.2) is 101 Å². The third-order valence-corrected chi connectivity index (χ3v) is 10.5. The molecule has 0 radical (unpaired) electrons. The van der Waals surface area contributed by atoms with Gasteiger partial charge in [-0.25, -0.2) is 13.2 Å². The van der Waals surface area contributed by atoms with Gasteiger partial charge in [-0.05, 0) is 65.2 Å². The van der Waals surface area contributed by atoms with Gasteiger partial charge in [0.2, 0.25) is 15.9 Å². The van der Waals surface area contributed by atoms with E-state index in [1.807, 2.05) is 26.8 Å².